The van der Waals surface area contributed by atoms with E-state index >= 15 is 0 Å². The summed E-state index contributed by atoms with van der Waals surface area (Å²) in [6.45, 7) is 3.92. The van der Waals surface area contributed by atoms with Crippen molar-refractivity contribution in [1.82, 2.24) is 14.8 Å². The van der Waals surface area contributed by atoms with E-state index < -0.39 is 0 Å². The second kappa shape index (κ2) is 6.63. The molecule has 5 nitrogen and oxygen atoms in total. The lowest BCUT2D eigenvalue weighted by Crippen LogP contribution is -2.28. The first-order valence-corrected chi connectivity index (χ1v) is 8.91. The van der Waals surface area contributed by atoms with Crippen LogP contribution < -0.4 is 5.56 Å². The van der Waals surface area contributed by atoms with Crippen LogP contribution in [-0.2, 0) is 6.54 Å². The van der Waals surface area contributed by atoms with Gasteiger partial charge in [-0.1, -0.05) is 19.3 Å². The van der Waals surface area contributed by atoms with Gasteiger partial charge in [0.05, 0.1) is 17.9 Å². The molecule has 2 heterocycles. The predicted molar refractivity (Wildman–Crippen MR) is 89.7 cm³/mol. The molecule has 1 saturated carbocycles. The van der Waals surface area contributed by atoms with Crippen LogP contribution in [0.25, 0.3) is 0 Å². The molecule has 0 aliphatic heterocycles. The maximum atomic E-state index is 12.3. The van der Waals surface area contributed by atoms with Crippen LogP contribution in [0.5, 0.6) is 0 Å². The molecule has 1 fully saturated rings. The maximum absolute atomic E-state index is 12.3. The summed E-state index contributed by atoms with van der Waals surface area (Å²) in [5.41, 5.74) is 2.38. The minimum Gasteiger partial charge on any atom is -0.266 e. The second-order valence-corrected chi connectivity index (χ2v) is 7.10. The summed E-state index contributed by atoms with van der Waals surface area (Å²) in [4.78, 5) is 17.1. The Labute approximate surface area is 139 Å². The molecule has 0 radical (unpaired) electrons. The standard InChI is InChI=1S/C17H20N4OS/c1-11-12(2)20-21(17(22)14(11)8-18)9-16-19-15(10-23-16)13-6-4-3-5-7-13/h10,13H,3-7,9H2,1-2H3. The van der Waals surface area contributed by atoms with E-state index in [1.165, 1.54) is 36.8 Å². The zero-order chi connectivity index (χ0) is 16.4. The van der Waals surface area contributed by atoms with Gasteiger partial charge in [0.2, 0.25) is 0 Å². The van der Waals surface area contributed by atoms with Crippen molar-refractivity contribution in [3.8, 4) is 6.07 Å². The Morgan fingerprint density at radius 1 is 1.35 bits per heavy atom. The Balaban J connectivity index is 1.86. The topological polar surface area (TPSA) is 71.6 Å². The quantitative estimate of drug-likeness (QED) is 0.867. The smallest absolute Gasteiger partial charge is 0.266 e. The van der Waals surface area contributed by atoms with Crippen LogP contribution in [0.15, 0.2) is 10.2 Å². The van der Waals surface area contributed by atoms with E-state index in [-0.39, 0.29) is 11.1 Å². The molecule has 0 N–H and O–H groups in total. The molecule has 0 atom stereocenters. The number of thiazole rings is 1. The van der Waals surface area contributed by atoms with Crippen LogP contribution >= 0.6 is 11.3 Å². The van der Waals surface area contributed by atoms with Gasteiger partial charge in [-0.15, -0.1) is 11.3 Å². The van der Waals surface area contributed by atoms with E-state index in [4.69, 9.17) is 4.98 Å². The third-order valence-corrected chi connectivity index (χ3v) is 5.48. The lowest BCUT2D eigenvalue weighted by molar-refractivity contribution is 0.437. The summed E-state index contributed by atoms with van der Waals surface area (Å²) < 4.78 is 1.37. The molecule has 6 heteroatoms. The first-order valence-electron chi connectivity index (χ1n) is 8.03. The molecule has 2 aromatic heterocycles. The summed E-state index contributed by atoms with van der Waals surface area (Å²) in [5.74, 6) is 0.563. The highest BCUT2D eigenvalue weighted by molar-refractivity contribution is 7.09. The number of aryl methyl sites for hydroxylation is 1. The zero-order valence-electron chi connectivity index (χ0n) is 13.5. The molecular formula is C17H20N4OS. The maximum Gasteiger partial charge on any atom is 0.285 e. The predicted octanol–water partition coefficient (Wildman–Crippen LogP) is 3.28. The fourth-order valence-corrected chi connectivity index (χ4v) is 3.98. The number of nitriles is 1. The van der Waals surface area contributed by atoms with Crippen molar-refractivity contribution in [3.63, 3.8) is 0 Å². The molecule has 120 valence electrons. The molecule has 3 rings (SSSR count). The van der Waals surface area contributed by atoms with Crippen molar-refractivity contribution >= 4 is 11.3 Å². The Hall–Kier alpha value is -2.00. The minimum atomic E-state index is -0.329. The second-order valence-electron chi connectivity index (χ2n) is 6.16. The van der Waals surface area contributed by atoms with Gasteiger partial charge in [-0.3, -0.25) is 4.79 Å². The van der Waals surface area contributed by atoms with Crippen molar-refractivity contribution in [1.29, 1.82) is 5.26 Å². The molecule has 23 heavy (non-hydrogen) atoms. The molecule has 0 spiro atoms. The van der Waals surface area contributed by atoms with E-state index in [1.807, 2.05) is 13.0 Å². The van der Waals surface area contributed by atoms with E-state index in [0.717, 1.165) is 10.7 Å². The fourth-order valence-electron chi connectivity index (χ4n) is 3.12. The van der Waals surface area contributed by atoms with Crippen molar-refractivity contribution in [2.24, 2.45) is 0 Å². The van der Waals surface area contributed by atoms with Crippen LogP contribution in [0.3, 0.4) is 0 Å². The van der Waals surface area contributed by atoms with Gasteiger partial charge in [0.15, 0.2) is 0 Å². The summed E-state index contributed by atoms with van der Waals surface area (Å²) in [6.07, 6.45) is 6.31. The molecule has 2 aromatic rings. The van der Waals surface area contributed by atoms with E-state index in [1.54, 1.807) is 18.3 Å². The van der Waals surface area contributed by atoms with Gasteiger partial charge in [-0.2, -0.15) is 10.4 Å². The first kappa shape index (κ1) is 15.9. The lowest BCUT2D eigenvalue weighted by atomic mass is 9.87. The molecular weight excluding hydrogens is 308 g/mol. The highest BCUT2D eigenvalue weighted by atomic mass is 32.1. The number of rotatable bonds is 3. The van der Waals surface area contributed by atoms with Crippen molar-refractivity contribution < 1.29 is 0 Å². The number of aromatic nitrogens is 3. The van der Waals surface area contributed by atoms with E-state index in [0.29, 0.717) is 23.7 Å². The van der Waals surface area contributed by atoms with Crippen molar-refractivity contribution in [2.75, 3.05) is 0 Å². The van der Waals surface area contributed by atoms with Gasteiger partial charge in [0.25, 0.3) is 5.56 Å². The third kappa shape index (κ3) is 3.20. The highest BCUT2D eigenvalue weighted by Crippen LogP contribution is 2.33. The summed E-state index contributed by atoms with van der Waals surface area (Å²) in [5, 5.41) is 16.5. The molecule has 0 unspecified atom stereocenters. The zero-order valence-corrected chi connectivity index (χ0v) is 14.3. The third-order valence-electron chi connectivity index (χ3n) is 4.63. The van der Waals surface area contributed by atoms with Crippen LogP contribution in [0.2, 0.25) is 0 Å². The van der Waals surface area contributed by atoms with Gasteiger partial charge >= 0.3 is 0 Å². The number of nitrogens with zero attached hydrogens (tertiary/aromatic N) is 4. The molecule has 0 aromatic carbocycles. The SMILES string of the molecule is Cc1nn(Cc2nc(C3CCCCC3)cs2)c(=O)c(C#N)c1C. The minimum absolute atomic E-state index is 0.182. The van der Waals surface area contributed by atoms with Gasteiger partial charge in [0.1, 0.15) is 16.6 Å². The molecule has 0 bridgehead atoms. The summed E-state index contributed by atoms with van der Waals surface area (Å²) >= 11 is 1.58. The van der Waals surface area contributed by atoms with Gasteiger partial charge < -0.3 is 0 Å². The Morgan fingerprint density at radius 2 is 2.09 bits per heavy atom. The average molecular weight is 328 g/mol. The molecule has 0 saturated heterocycles. The van der Waals surface area contributed by atoms with Crippen LogP contribution in [-0.4, -0.2) is 14.8 Å². The largest absolute Gasteiger partial charge is 0.285 e. The molecule has 0 amide bonds. The van der Waals surface area contributed by atoms with Crippen molar-refractivity contribution in [3.05, 3.63) is 43.3 Å². The van der Waals surface area contributed by atoms with Gasteiger partial charge in [-0.25, -0.2) is 9.67 Å². The summed E-state index contributed by atoms with van der Waals surface area (Å²) in [6, 6.07) is 2.00. The van der Waals surface area contributed by atoms with Gasteiger partial charge in [0, 0.05) is 11.3 Å². The van der Waals surface area contributed by atoms with E-state index in [2.05, 4.69) is 10.5 Å². The van der Waals surface area contributed by atoms with Crippen molar-refractivity contribution in [2.45, 2.75) is 58.4 Å². The molecule has 1 aliphatic carbocycles. The van der Waals surface area contributed by atoms with Crippen LogP contribution in [0, 0.1) is 25.2 Å². The lowest BCUT2D eigenvalue weighted by Gasteiger charge is -2.19. The normalized spacial score (nSPS) is 15.5. The monoisotopic (exact) mass is 328 g/mol. The Kier molecular flexibility index (Phi) is 4.58. The molecule has 1 aliphatic rings. The summed E-state index contributed by atoms with van der Waals surface area (Å²) in [7, 11) is 0. The van der Waals surface area contributed by atoms with E-state index in [9.17, 15) is 10.1 Å². The van der Waals surface area contributed by atoms with Crippen LogP contribution in [0.1, 0.15) is 65.5 Å². The first-order chi connectivity index (χ1) is 11.1. The Bertz CT molecular complexity index is 809. The highest BCUT2D eigenvalue weighted by Gasteiger charge is 2.19. The Morgan fingerprint density at radius 3 is 2.78 bits per heavy atom. The fraction of sp³-hybridized carbons (Fsp3) is 0.529. The number of hydrogen-bond donors (Lipinski definition) is 0. The number of hydrogen-bond acceptors (Lipinski definition) is 5. The average Bonchev–Trinajstić information content (AvgIpc) is 3.03. The van der Waals surface area contributed by atoms with Gasteiger partial charge in [-0.05, 0) is 32.3 Å². The van der Waals surface area contributed by atoms with Crippen LogP contribution in [0.4, 0.5) is 0 Å².